The van der Waals surface area contributed by atoms with Gasteiger partial charge in [-0.1, -0.05) is 25.5 Å². The minimum absolute atomic E-state index is 0. The maximum absolute atomic E-state index is 13.2. The Labute approximate surface area is 161 Å². The molecule has 5 heteroatoms. The summed E-state index contributed by atoms with van der Waals surface area (Å²) in [6, 6.07) is 0. The van der Waals surface area contributed by atoms with Crippen molar-refractivity contribution in [3.63, 3.8) is 0 Å². The van der Waals surface area contributed by atoms with Crippen molar-refractivity contribution in [2.24, 2.45) is 34.5 Å². The van der Waals surface area contributed by atoms with Crippen molar-refractivity contribution in [3.05, 3.63) is 23.8 Å². The summed E-state index contributed by atoms with van der Waals surface area (Å²) >= 11 is 0. The Kier molecular flexibility index (Phi) is 5.44. The van der Waals surface area contributed by atoms with Gasteiger partial charge in [-0.25, -0.2) is 0 Å². The highest BCUT2D eigenvalue weighted by Gasteiger charge is 2.62. The molecule has 144 valence electrons. The third-order valence-corrected chi connectivity index (χ3v) is 7.74. The summed E-state index contributed by atoms with van der Waals surface area (Å²) in [5.74, 6) is 1.42. The Bertz CT molecular complexity index is 709. The molecule has 3 fully saturated rings. The molecule has 2 N–H and O–H groups in total. The van der Waals surface area contributed by atoms with E-state index in [0.29, 0.717) is 24.0 Å². The van der Waals surface area contributed by atoms with E-state index in [9.17, 15) is 14.4 Å². The molecule has 0 aromatic carbocycles. The van der Waals surface area contributed by atoms with E-state index in [2.05, 4.69) is 13.8 Å². The first-order valence-corrected chi connectivity index (χ1v) is 9.25. The van der Waals surface area contributed by atoms with Gasteiger partial charge in [0.1, 0.15) is 11.6 Å². The number of Topliss-reactive ketones (excluding diaryl/α,β-unsaturated/α-hetero) is 2. The number of carbonyl (C=O) groups excluding carboxylic acids is 3. The fourth-order valence-corrected chi connectivity index (χ4v) is 6.70. The van der Waals surface area contributed by atoms with Crippen LogP contribution in [0.5, 0.6) is 0 Å². The van der Waals surface area contributed by atoms with Gasteiger partial charge in [-0.05, 0) is 62.0 Å². The zero-order valence-electron chi connectivity index (χ0n) is 15.7. The first kappa shape index (κ1) is 21.0. The van der Waals surface area contributed by atoms with Gasteiger partial charge in [0.2, 0.25) is 0 Å². The molecule has 0 aromatic rings. The number of rotatable bonds is 1. The third kappa shape index (κ3) is 2.65. The molecule has 4 aliphatic carbocycles. The van der Waals surface area contributed by atoms with Gasteiger partial charge in [0.05, 0.1) is 0 Å². The summed E-state index contributed by atoms with van der Waals surface area (Å²) in [5.41, 5.74) is 0.675. The van der Waals surface area contributed by atoms with Gasteiger partial charge >= 0.3 is 0 Å². The molecule has 0 aromatic heterocycles. The summed E-state index contributed by atoms with van der Waals surface area (Å²) in [6.07, 6.45) is 9.77. The maximum atomic E-state index is 13.2. The van der Waals surface area contributed by atoms with E-state index in [1.54, 1.807) is 19.1 Å². The highest BCUT2D eigenvalue weighted by molar-refractivity contribution is 6.01. The minimum atomic E-state index is -0.302. The number of halogens is 1. The molecular weight excluding hydrogens is 352 g/mol. The Morgan fingerprint density at radius 3 is 2.50 bits per heavy atom. The molecule has 0 radical (unpaired) electrons. The largest absolute Gasteiger partial charge is 0.412 e. The Hall–Kier alpha value is -1.26. The molecule has 6 atom stereocenters. The van der Waals surface area contributed by atoms with Gasteiger partial charge in [0, 0.05) is 23.7 Å². The van der Waals surface area contributed by atoms with Crippen molar-refractivity contribution in [2.75, 3.05) is 0 Å². The molecule has 0 heterocycles. The van der Waals surface area contributed by atoms with Crippen LogP contribution in [0.4, 0.5) is 0 Å². The molecule has 4 nitrogen and oxygen atoms in total. The number of fused-ring (bicyclic) bond motifs is 5. The number of ketones is 3. The zero-order valence-corrected chi connectivity index (χ0v) is 16.5. The van der Waals surface area contributed by atoms with Crippen LogP contribution in [-0.4, -0.2) is 22.8 Å². The molecule has 4 aliphatic rings. The van der Waals surface area contributed by atoms with Gasteiger partial charge < -0.3 is 5.48 Å². The normalized spacial score (nSPS) is 43.3. The summed E-state index contributed by atoms with van der Waals surface area (Å²) in [4.78, 5) is 37.1. The highest BCUT2D eigenvalue weighted by Crippen LogP contribution is 2.64. The summed E-state index contributed by atoms with van der Waals surface area (Å²) in [7, 11) is 0. The summed E-state index contributed by atoms with van der Waals surface area (Å²) < 4.78 is 0. The van der Waals surface area contributed by atoms with Crippen molar-refractivity contribution in [2.45, 2.75) is 52.9 Å². The molecule has 0 bridgehead atoms. The van der Waals surface area contributed by atoms with Crippen LogP contribution in [-0.2, 0) is 14.4 Å². The monoisotopic (exact) mass is 380 g/mol. The Morgan fingerprint density at radius 2 is 1.85 bits per heavy atom. The van der Waals surface area contributed by atoms with E-state index in [1.807, 2.05) is 6.08 Å². The van der Waals surface area contributed by atoms with Crippen molar-refractivity contribution >= 4 is 29.8 Å². The molecule has 3 saturated carbocycles. The van der Waals surface area contributed by atoms with Gasteiger partial charge in [-0.15, -0.1) is 12.4 Å². The van der Waals surface area contributed by atoms with E-state index in [-0.39, 0.29) is 52.1 Å². The van der Waals surface area contributed by atoms with Crippen LogP contribution in [0.3, 0.4) is 0 Å². The molecule has 0 aliphatic heterocycles. The second-order valence-corrected chi connectivity index (χ2v) is 8.86. The van der Waals surface area contributed by atoms with E-state index < -0.39 is 0 Å². The van der Waals surface area contributed by atoms with Crippen LogP contribution in [0.15, 0.2) is 23.8 Å². The second-order valence-electron chi connectivity index (χ2n) is 8.86. The Balaban J connectivity index is 0.00000121. The van der Waals surface area contributed by atoms with Crippen LogP contribution in [0, 0.1) is 34.5 Å². The molecule has 0 spiro atoms. The lowest BCUT2D eigenvalue weighted by atomic mass is 9.47. The first-order chi connectivity index (χ1) is 11.3. The fourth-order valence-electron chi connectivity index (χ4n) is 6.70. The second kappa shape index (κ2) is 6.72. The molecule has 4 rings (SSSR count). The van der Waals surface area contributed by atoms with Crippen LogP contribution in [0.25, 0.3) is 0 Å². The number of hydrogen-bond donors (Lipinski definition) is 0. The summed E-state index contributed by atoms with van der Waals surface area (Å²) in [5, 5.41) is 0. The minimum Gasteiger partial charge on any atom is -0.412 e. The lowest BCUT2D eigenvalue weighted by Gasteiger charge is -2.55. The lowest BCUT2D eigenvalue weighted by molar-refractivity contribution is -0.145. The van der Waals surface area contributed by atoms with Crippen molar-refractivity contribution in [1.29, 1.82) is 0 Å². The standard InChI is InChI=1S/C21H26O3.ClH.H2O/c1-12(22)16-6-7-17-15-5-4-13-10-14(23)8-9-20(13,2)19(15)18(24)11-21(16,17)3;;/h8-10,15-17,19H,4-7,11H2,1-3H3;1H;1H2/t15-,16+,17-,19+,20-,21+;;/m0../s1. The number of hydrogen-bond acceptors (Lipinski definition) is 3. The number of allylic oxidation sites excluding steroid dienone is 4. The topological polar surface area (TPSA) is 82.7 Å². The SMILES string of the molecule is CC(=O)[C@H]1CC[C@H]2[C@@H]3CCC4=CC(=O)C=C[C@]4(C)[C@H]3C(=O)C[C@]12C.Cl.O. The third-order valence-electron chi connectivity index (χ3n) is 7.74. The van der Waals surface area contributed by atoms with Crippen molar-refractivity contribution in [1.82, 2.24) is 0 Å². The van der Waals surface area contributed by atoms with Crippen LogP contribution in [0.2, 0.25) is 0 Å². The first-order valence-electron chi connectivity index (χ1n) is 9.25. The fraction of sp³-hybridized carbons (Fsp3) is 0.667. The van der Waals surface area contributed by atoms with Crippen LogP contribution >= 0.6 is 12.4 Å². The van der Waals surface area contributed by atoms with E-state index in [4.69, 9.17) is 0 Å². The average Bonchev–Trinajstić information content (AvgIpc) is 2.84. The van der Waals surface area contributed by atoms with E-state index >= 15 is 0 Å². The summed E-state index contributed by atoms with van der Waals surface area (Å²) in [6.45, 7) is 6.00. The van der Waals surface area contributed by atoms with Crippen LogP contribution in [0.1, 0.15) is 52.9 Å². The van der Waals surface area contributed by atoms with Gasteiger partial charge in [-0.2, -0.15) is 0 Å². The molecule has 0 amide bonds. The maximum Gasteiger partial charge on any atom is 0.178 e. The van der Waals surface area contributed by atoms with Gasteiger partial charge in [0.25, 0.3) is 0 Å². The van der Waals surface area contributed by atoms with E-state index in [0.717, 1.165) is 31.3 Å². The average molecular weight is 381 g/mol. The molecular formula is C21H29ClO4. The quantitative estimate of drug-likeness (QED) is 0.699. The van der Waals surface area contributed by atoms with Crippen LogP contribution < -0.4 is 0 Å². The Morgan fingerprint density at radius 1 is 1.15 bits per heavy atom. The smallest absolute Gasteiger partial charge is 0.178 e. The van der Waals surface area contributed by atoms with Crippen molar-refractivity contribution in [3.8, 4) is 0 Å². The van der Waals surface area contributed by atoms with E-state index in [1.165, 1.54) is 0 Å². The molecule has 26 heavy (non-hydrogen) atoms. The highest BCUT2D eigenvalue weighted by atomic mass is 35.5. The van der Waals surface area contributed by atoms with Gasteiger partial charge in [0.15, 0.2) is 5.78 Å². The lowest BCUT2D eigenvalue weighted by Crippen LogP contribution is -2.54. The zero-order chi connectivity index (χ0) is 17.3. The van der Waals surface area contributed by atoms with Crippen molar-refractivity contribution < 1.29 is 19.9 Å². The molecule has 0 saturated heterocycles. The predicted octanol–water partition coefficient (Wildman–Crippen LogP) is 3.28. The van der Waals surface area contributed by atoms with Gasteiger partial charge in [-0.3, -0.25) is 14.4 Å². The molecule has 0 unspecified atom stereocenters. The number of carbonyl (C=O) groups is 3. The predicted molar refractivity (Wildman–Crippen MR) is 102 cm³/mol.